The molecule has 2 heterocycles. The molecule has 0 radical (unpaired) electrons. The van der Waals surface area contributed by atoms with E-state index in [2.05, 4.69) is 10.3 Å². The molecule has 1 aliphatic rings. The molecule has 1 aliphatic heterocycles. The van der Waals surface area contributed by atoms with E-state index in [1.165, 1.54) is 12.3 Å². The van der Waals surface area contributed by atoms with Gasteiger partial charge in [0, 0.05) is 43.5 Å². The Bertz CT molecular complexity index is 865. The molecule has 1 fully saturated rings. The van der Waals surface area contributed by atoms with Crippen LogP contribution in [0.15, 0.2) is 47.4 Å². The molecule has 0 saturated carbocycles. The molecule has 0 atom stereocenters. The van der Waals surface area contributed by atoms with E-state index >= 15 is 0 Å². The Morgan fingerprint density at radius 1 is 1.21 bits per heavy atom. The molecule has 148 valence electrons. The molecule has 7 heteroatoms. The van der Waals surface area contributed by atoms with Crippen LogP contribution >= 0.6 is 0 Å². The number of nitrogens with one attached hydrogen (secondary N) is 2. The second-order valence-corrected chi connectivity index (χ2v) is 7.00. The first-order valence-corrected chi connectivity index (χ1v) is 9.47. The summed E-state index contributed by atoms with van der Waals surface area (Å²) in [5.74, 6) is 1.05. The molecule has 0 spiro atoms. The average Bonchev–Trinajstić information content (AvgIpc) is 2.73. The molecular weight excluding hydrogens is 358 g/mol. The second-order valence-electron chi connectivity index (χ2n) is 7.00. The fourth-order valence-electron chi connectivity index (χ4n) is 3.41. The molecule has 1 saturated heterocycles. The standard InChI is InChI=1S/C21H25N3O4/c1-28-18-4-2-3-17(13-18)23-20(26)7-5-15-9-11-24(12-10-15)21(27)16-6-8-19(25)22-14-16/h2-4,6,8,13-15H,5,7,9-12H2,1H3,(H,22,25)(H,23,26). The van der Waals surface area contributed by atoms with Crippen LogP contribution in [0.2, 0.25) is 0 Å². The van der Waals surface area contributed by atoms with Gasteiger partial charge in [0.05, 0.1) is 12.7 Å². The molecule has 1 aromatic carbocycles. The summed E-state index contributed by atoms with van der Waals surface area (Å²) in [7, 11) is 1.59. The molecule has 2 amide bonds. The Balaban J connectivity index is 1.42. The van der Waals surface area contributed by atoms with Gasteiger partial charge in [0.2, 0.25) is 11.5 Å². The average molecular weight is 383 g/mol. The topological polar surface area (TPSA) is 91.5 Å². The first kappa shape index (κ1) is 19.7. The first-order chi connectivity index (χ1) is 13.5. The van der Waals surface area contributed by atoms with Gasteiger partial charge in [-0.2, -0.15) is 0 Å². The van der Waals surface area contributed by atoms with E-state index in [9.17, 15) is 14.4 Å². The number of aromatic amines is 1. The predicted molar refractivity (Wildman–Crippen MR) is 107 cm³/mol. The molecule has 2 aromatic rings. The summed E-state index contributed by atoms with van der Waals surface area (Å²) >= 11 is 0. The van der Waals surface area contributed by atoms with Gasteiger partial charge >= 0.3 is 0 Å². The van der Waals surface area contributed by atoms with Crippen molar-refractivity contribution >= 4 is 17.5 Å². The number of carbonyl (C=O) groups is 2. The van der Waals surface area contributed by atoms with E-state index in [0.29, 0.717) is 36.7 Å². The number of ether oxygens (including phenoxy) is 1. The largest absolute Gasteiger partial charge is 0.497 e. The number of pyridine rings is 1. The van der Waals surface area contributed by atoms with Crippen LogP contribution < -0.4 is 15.6 Å². The lowest BCUT2D eigenvalue weighted by Crippen LogP contribution is -2.38. The van der Waals surface area contributed by atoms with Gasteiger partial charge in [-0.15, -0.1) is 0 Å². The van der Waals surface area contributed by atoms with Crippen LogP contribution in [0.25, 0.3) is 0 Å². The Morgan fingerprint density at radius 3 is 2.68 bits per heavy atom. The van der Waals surface area contributed by atoms with Crippen LogP contribution in [0.5, 0.6) is 5.75 Å². The third-order valence-corrected chi connectivity index (χ3v) is 5.07. The van der Waals surface area contributed by atoms with Crippen molar-refractivity contribution in [2.75, 3.05) is 25.5 Å². The maximum atomic E-state index is 12.5. The minimum Gasteiger partial charge on any atom is -0.497 e. The monoisotopic (exact) mass is 383 g/mol. The van der Waals surface area contributed by atoms with Gasteiger partial charge in [-0.1, -0.05) is 6.07 Å². The fraction of sp³-hybridized carbons (Fsp3) is 0.381. The van der Waals surface area contributed by atoms with Gasteiger partial charge in [0.25, 0.3) is 5.91 Å². The van der Waals surface area contributed by atoms with E-state index in [-0.39, 0.29) is 17.4 Å². The van der Waals surface area contributed by atoms with Crippen molar-refractivity contribution in [2.45, 2.75) is 25.7 Å². The lowest BCUT2D eigenvalue weighted by Gasteiger charge is -2.32. The predicted octanol–water partition coefficient (Wildman–Crippen LogP) is 2.65. The number of H-pyrrole nitrogens is 1. The van der Waals surface area contributed by atoms with Crippen LogP contribution in [0, 0.1) is 5.92 Å². The van der Waals surface area contributed by atoms with E-state index in [0.717, 1.165) is 24.9 Å². The molecule has 2 N–H and O–H groups in total. The van der Waals surface area contributed by atoms with E-state index in [4.69, 9.17) is 4.74 Å². The highest BCUT2D eigenvalue weighted by Crippen LogP contribution is 2.23. The number of carbonyl (C=O) groups excluding carboxylic acids is 2. The van der Waals surface area contributed by atoms with Crippen molar-refractivity contribution in [3.05, 3.63) is 58.5 Å². The van der Waals surface area contributed by atoms with Gasteiger partial charge in [-0.3, -0.25) is 14.4 Å². The van der Waals surface area contributed by atoms with Crippen molar-refractivity contribution in [1.29, 1.82) is 0 Å². The maximum absolute atomic E-state index is 12.5. The van der Waals surface area contributed by atoms with E-state index in [1.807, 2.05) is 18.2 Å². The number of nitrogens with zero attached hydrogens (tertiary/aromatic N) is 1. The number of anilines is 1. The van der Waals surface area contributed by atoms with Crippen molar-refractivity contribution in [3.63, 3.8) is 0 Å². The third-order valence-electron chi connectivity index (χ3n) is 5.07. The van der Waals surface area contributed by atoms with Crippen LogP contribution in [-0.2, 0) is 4.79 Å². The zero-order chi connectivity index (χ0) is 19.9. The smallest absolute Gasteiger partial charge is 0.255 e. The SMILES string of the molecule is COc1cccc(NC(=O)CCC2CCN(C(=O)c3ccc(=O)[nH]c3)CC2)c1. The van der Waals surface area contributed by atoms with Crippen LogP contribution in [-0.4, -0.2) is 41.9 Å². The Hall–Kier alpha value is -3.09. The lowest BCUT2D eigenvalue weighted by molar-refractivity contribution is -0.116. The summed E-state index contributed by atoms with van der Waals surface area (Å²) in [5, 5.41) is 2.90. The minimum atomic E-state index is -0.220. The van der Waals surface area contributed by atoms with Gasteiger partial charge in [0.15, 0.2) is 0 Å². The number of amides is 2. The maximum Gasteiger partial charge on any atom is 0.255 e. The number of aromatic nitrogens is 1. The molecule has 0 aliphatic carbocycles. The summed E-state index contributed by atoms with van der Waals surface area (Å²) in [6.45, 7) is 1.33. The van der Waals surface area contributed by atoms with E-state index < -0.39 is 0 Å². The van der Waals surface area contributed by atoms with Gasteiger partial charge < -0.3 is 19.9 Å². The molecule has 1 aromatic heterocycles. The fourth-order valence-corrected chi connectivity index (χ4v) is 3.41. The highest BCUT2D eigenvalue weighted by atomic mass is 16.5. The zero-order valence-electron chi connectivity index (χ0n) is 15.9. The number of benzene rings is 1. The highest BCUT2D eigenvalue weighted by Gasteiger charge is 2.24. The molecule has 28 heavy (non-hydrogen) atoms. The number of likely N-dealkylation sites (tertiary alicyclic amines) is 1. The molecule has 0 unspecified atom stereocenters. The minimum absolute atomic E-state index is 0.0139. The molecule has 3 rings (SSSR count). The normalized spacial score (nSPS) is 14.5. The number of methoxy groups -OCH3 is 1. The van der Waals surface area contributed by atoms with Gasteiger partial charge in [-0.05, 0) is 43.4 Å². The van der Waals surface area contributed by atoms with Crippen molar-refractivity contribution in [2.24, 2.45) is 5.92 Å². The summed E-state index contributed by atoms with van der Waals surface area (Å²) in [4.78, 5) is 40.1. The van der Waals surface area contributed by atoms with Crippen LogP contribution in [0.1, 0.15) is 36.0 Å². The second kappa shape index (κ2) is 9.21. The van der Waals surface area contributed by atoms with Crippen molar-refractivity contribution < 1.29 is 14.3 Å². The van der Waals surface area contributed by atoms with E-state index in [1.54, 1.807) is 24.1 Å². The number of hydrogen-bond donors (Lipinski definition) is 2. The highest BCUT2D eigenvalue weighted by molar-refractivity contribution is 5.94. The number of rotatable bonds is 6. The van der Waals surface area contributed by atoms with Gasteiger partial charge in [-0.25, -0.2) is 0 Å². The number of hydrogen-bond acceptors (Lipinski definition) is 4. The molecular formula is C21H25N3O4. The Morgan fingerprint density at radius 2 is 2.00 bits per heavy atom. The van der Waals surface area contributed by atoms with Crippen molar-refractivity contribution in [1.82, 2.24) is 9.88 Å². The quantitative estimate of drug-likeness (QED) is 0.802. The molecule has 0 bridgehead atoms. The molecule has 7 nitrogen and oxygen atoms in total. The summed E-state index contributed by atoms with van der Waals surface area (Å²) in [6, 6.07) is 10.2. The first-order valence-electron chi connectivity index (χ1n) is 9.47. The zero-order valence-corrected chi connectivity index (χ0v) is 15.9. The lowest BCUT2D eigenvalue weighted by atomic mass is 9.91. The number of piperidine rings is 1. The Kier molecular flexibility index (Phi) is 6.47. The van der Waals surface area contributed by atoms with Crippen molar-refractivity contribution in [3.8, 4) is 5.75 Å². The summed E-state index contributed by atoms with van der Waals surface area (Å²) in [6.07, 6.45) is 4.47. The van der Waals surface area contributed by atoms with Crippen LogP contribution in [0.4, 0.5) is 5.69 Å². The summed E-state index contributed by atoms with van der Waals surface area (Å²) in [5.41, 5.74) is 1.00. The van der Waals surface area contributed by atoms with Gasteiger partial charge in [0.1, 0.15) is 5.75 Å². The Labute approximate surface area is 163 Å². The van der Waals surface area contributed by atoms with Crippen LogP contribution in [0.3, 0.4) is 0 Å². The summed E-state index contributed by atoms with van der Waals surface area (Å²) < 4.78 is 5.16. The third kappa shape index (κ3) is 5.22.